The molecule has 1 N–H and O–H groups in total. The van der Waals surface area contributed by atoms with Crippen LogP contribution < -0.4 is 19.5 Å². The van der Waals surface area contributed by atoms with E-state index in [9.17, 15) is 4.79 Å². The molecule has 0 saturated heterocycles. The van der Waals surface area contributed by atoms with Gasteiger partial charge in [0.2, 0.25) is 12.7 Å². The fourth-order valence-electron chi connectivity index (χ4n) is 3.12. The van der Waals surface area contributed by atoms with Crippen LogP contribution in [0.2, 0.25) is 0 Å². The van der Waals surface area contributed by atoms with Gasteiger partial charge >= 0.3 is 0 Å². The summed E-state index contributed by atoms with van der Waals surface area (Å²) in [4.78, 5) is 14.5. The number of amides is 1. The van der Waals surface area contributed by atoms with Crippen molar-refractivity contribution in [3.05, 3.63) is 78.4 Å². The predicted molar refractivity (Wildman–Crippen MR) is 110 cm³/mol. The monoisotopic (exact) mass is 390 g/mol. The number of hydrogen-bond donors (Lipinski definition) is 1. The lowest BCUT2D eigenvalue weighted by Gasteiger charge is -2.17. The molecule has 0 fully saturated rings. The molecule has 0 atom stereocenters. The molecule has 1 amide bonds. The van der Waals surface area contributed by atoms with Gasteiger partial charge in [-0.05, 0) is 49.0 Å². The fraction of sp³-hybridized carbons (Fsp3) is 0.174. The smallest absolute Gasteiger partial charge is 0.238 e. The molecule has 29 heavy (non-hydrogen) atoms. The molecular formula is C23H22N2O4. The van der Waals surface area contributed by atoms with E-state index in [4.69, 9.17) is 14.2 Å². The normalized spacial score (nSPS) is 12.1. The van der Waals surface area contributed by atoms with Gasteiger partial charge in [-0.2, -0.15) is 0 Å². The van der Waals surface area contributed by atoms with Gasteiger partial charge in [0.25, 0.3) is 0 Å². The Hall–Kier alpha value is -3.51. The van der Waals surface area contributed by atoms with Crippen LogP contribution in [0.1, 0.15) is 5.56 Å². The lowest BCUT2D eigenvalue weighted by atomic mass is 10.2. The van der Waals surface area contributed by atoms with Gasteiger partial charge in [-0.3, -0.25) is 9.69 Å². The summed E-state index contributed by atoms with van der Waals surface area (Å²) in [6, 6.07) is 22.7. The first kappa shape index (κ1) is 18.8. The molecule has 0 aliphatic carbocycles. The highest BCUT2D eigenvalue weighted by Crippen LogP contribution is 2.33. The standard InChI is InChI=1S/C23H22N2O4/c1-25(14-17-11-12-21-22(13-17)28-16-27-21)15-23(26)24-19-9-5-6-10-20(19)29-18-7-3-2-4-8-18/h2-13H,14-16H2,1H3,(H,24,26). The Labute approximate surface area is 169 Å². The van der Waals surface area contributed by atoms with Crippen LogP contribution in [0.15, 0.2) is 72.8 Å². The van der Waals surface area contributed by atoms with Gasteiger partial charge in [-0.1, -0.05) is 36.4 Å². The Balaban J connectivity index is 1.36. The van der Waals surface area contributed by atoms with E-state index in [2.05, 4.69) is 5.32 Å². The molecule has 0 radical (unpaired) electrons. The SMILES string of the molecule is CN(CC(=O)Nc1ccccc1Oc1ccccc1)Cc1ccc2c(c1)OCO2. The third-order valence-electron chi connectivity index (χ3n) is 4.44. The van der Waals surface area contributed by atoms with Gasteiger partial charge in [0.1, 0.15) is 5.75 Å². The van der Waals surface area contributed by atoms with Crippen LogP contribution in [0.25, 0.3) is 0 Å². The minimum Gasteiger partial charge on any atom is -0.455 e. The minimum atomic E-state index is -0.114. The van der Waals surface area contributed by atoms with E-state index in [1.54, 1.807) is 0 Å². The van der Waals surface area contributed by atoms with Crippen LogP contribution in [-0.2, 0) is 11.3 Å². The second-order valence-corrected chi connectivity index (χ2v) is 6.82. The zero-order valence-corrected chi connectivity index (χ0v) is 16.1. The van der Waals surface area contributed by atoms with Crippen molar-refractivity contribution in [2.75, 3.05) is 25.7 Å². The Bertz CT molecular complexity index is 991. The summed E-state index contributed by atoms with van der Waals surface area (Å²) in [5, 5.41) is 2.94. The van der Waals surface area contributed by atoms with Crippen LogP contribution in [0.3, 0.4) is 0 Å². The van der Waals surface area contributed by atoms with Crippen molar-refractivity contribution in [2.45, 2.75) is 6.54 Å². The van der Waals surface area contributed by atoms with Gasteiger partial charge in [-0.25, -0.2) is 0 Å². The number of fused-ring (bicyclic) bond motifs is 1. The van der Waals surface area contributed by atoms with E-state index in [0.717, 1.165) is 17.1 Å². The number of likely N-dealkylation sites (N-methyl/N-ethyl adjacent to an activating group) is 1. The Kier molecular flexibility index (Phi) is 5.63. The molecule has 3 aromatic rings. The van der Waals surface area contributed by atoms with Crippen LogP contribution in [0.4, 0.5) is 5.69 Å². The summed E-state index contributed by atoms with van der Waals surface area (Å²) in [6.45, 7) is 1.11. The van der Waals surface area contributed by atoms with Crippen molar-refractivity contribution in [2.24, 2.45) is 0 Å². The van der Waals surface area contributed by atoms with Crippen molar-refractivity contribution >= 4 is 11.6 Å². The van der Waals surface area contributed by atoms with Gasteiger partial charge in [-0.15, -0.1) is 0 Å². The maximum Gasteiger partial charge on any atom is 0.238 e. The topological polar surface area (TPSA) is 60.0 Å². The molecule has 0 unspecified atom stereocenters. The van der Waals surface area contributed by atoms with Crippen LogP contribution >= 0.6 is 0 Å². The lowest BCUT2D eigenvalue weighted by Crippen LogP contribution is -2.29. The first-order valence-electron chi connectivity index (χ1n) is 9.36. The largest absolute Gasteiger partial charge is 0.455 e. The molecule has 148 valence electrons. The van der Waals surface area contributed by atoms with Crippen molar-refractivity contribution in [1.82, 2.24) is 4.90 Å². The van der Waals surface area contributed by atoms with Crippen LogP contribution in [0, 0.1) is 0 Å². The number of rotatable bonds is 7. The van der Waals surface area contributed by atoms with E-state index < -0.39 is 0 Å². The van der Waals surface area contributed by atoms with Gasteiger partial charge in [0, 0.05) is 6.54 Å². The Morgan fingerprint density at radius 1 is 1.00 bits per heavy atom. The van der Waals surface area contributed by atoms with Gasteiger partial charge < -0.3 is 19.5 Å². The summed E-state index contributed by atoms with van der Waals surface area (Å²) in [7, 11) is 1.90. The van der Waals surface area contributed by atoms with E-state index in [-0.39, 0.29) is 19.2 Å². The minimum absolute atomic E-state index is 0.114. The van der Waals surface area contributed by atoms with Crippen LogP contribution in [-0.4, -0.2) is 31.2 Å². The third kappa shape index (κ3) is 4.86. The number of anilines is 1. The highest BCUT2D eigenvalue weighted by molar-refractivity contribution is 5.93. The van der Waals surface area contributed by atoms with Gasteiger partial charge in [0.05, 0.1) is 12.2 Å². The fourth-order valence-corrected chi connectivity index (χ4v) is 3.12. The molecule has 0 aromatic heterocycles. The van der Waals surface area contributed by atoms with Crippen LogP contribution in [0.5, 0.6) is 23.0 Å². The van der Waals surface area contributed by atoms with Crippen molar-refractivity contribution in [3.8, 4) is 23.0 Å². The zero-order chi connectivity index (χ0) is 20.1. The molecule has 6 heteroatoms. The zero-order valence-electron chi connectivity index (χ0n) is 16.1. The third-order valence-corrected chi connectivity index (χ3v) is 4.44. The quantitative estimate of drug-likeness (QED) is 0.653. The van der Waals surface area contributed by atoms with E-state index in [1.807, 2.05) is 84.7 Å². The Morgan fingerprint density at radius 3 is 2.62 bits per heavy atom. The molecule has 0 saturated carbocycles. The van der Waals surface area contributed by atoms with Crippen molar-refractivity contribution in [1.29, 1.82) is 0 Å². The predicted octanol–water partition coefficient (Wildman–Crippen LogP) is 4.28. The summed E-state index contributed by atoms with van der Waals surface area (Å²) in [5.41, 5.74) is 1.69. The molecule has 1 aliphatic rings. The van der Waals surface area contributed by atoms with E-state index in [0.29, 0.717) is 23.7 Å². The average Bonchev–Trinajstić information content (AvgIpc) is 3.18. The summed E-state index contributed by atoms with van der Waals surface area (Å²) in [5.74, 6) is 2.70. The molecule has 6 nitrogen and oxygen atoms in total. The van der Waals surface area contributed by atoms with Crippen molar-refractivity contribution in [3.63, 3.8) is 0 Å². The number of para-hydroxylation sites is 3. The number of benzene rings is 3. The maximum absolute atomic E-state index is 12.6. The Morgan fingerprint density at radius 2 is 1.76 bits per heavy atom. The molecule has 1 heterocycles. The molecule has 0 spiro atoms. The molecule has 0 bridgehead atoms. The number of nitrogens with one attached hydrogen (secondary N) is 1. The number of nitrogens with zero attached hydrogens (tertiary/aromatic N) is 1. The second-order valence-electron chi connectivity index (χ2n) is 6.82. The molecular weight excluding hydrogens is 368 g/mol. The van der Waals surface area contributed by atoms with E-state index >= 15 is 0 Å². The maximum atomic E-state index is 12.6. The molecule has 3 aromatic carbocycles. The molecule has 1 aliphatic heterocycles. The first-order valence-corrected chi connectivity index (χ1v) is 9.36. The number of hydrogen-bond acceptors (Lipinski definition) is 5. The summed E-state index contributed by atoms with van der Waals surface area (Å²) >= 11 is 0. The highest BCUT2D eigenvalue weighted by Gasteiger charge is 2.15. The average molecular weight is 390 g/mol. The summed E-state index contributed by atoms with van der Waals surface area (Å²) in [6.07, 6.45) is 0. The second kappa shape index (κ2) is 8.67. The van der Waals surface area contributed by atoms with Gasteiger partial charge in [0.15, 0.2) is 17.2 Å². The molecule has 4 rings (SSSR count). The number of carbonyl (C=O) groups excluding carboxylic acids is 1. The van der Waals surface area contributed by atoms with Crippen molar-refractivity contribution < 1.29 is 19.0 Å². The first-order chi connectivity index (χ1) is 14.2. The summed E-state index contributed by atoms with van der Waals surface area (Å²) < 4.78 is 16.6. The number of ether oxygens (including phenoxy) is 3. The number of carbonyl (C=O) groups is 1. The highest BCUT2D eigenvalue weighted by atomic mass is 16.7. The lowest BCUT2D eigenvalue weighted by molar-refractivity contribution is -0.117. The van der Waals surface area contributed by atoms with E-state index in [1.165, 1.54) is 0 Å².